The maximum absolute atomic E-state index is 14.1. The van der Waals surface area contributed by atoms with Crippen LogP contribution >= 0.6 is 0 Å². The fourth-order valence-corrected chi connectivity index (χ4v) is 6.62. The summed E-state index contributed by atoms with van der Waals surface area (Å²) in [5.74, 6) is -0.301. The van der Waals surface area contributed by atoms with Crippen molar-refractivity contribution in [3.05, 3.63) is 53.5 Å². The fraction of sp³-hybridized carbons (Fsp3) is 0.348. The molecule has 1 aliphatic rings. The van der Waals surface area contributed by atoms with Gasteiger partial charge in [-0.2, -0.15) is 4.31 Å². The average Bonchev–Trinajstić information content (AvgIpc) is 3.17. The summed E-state index contributed by atoms with van der Waals surface area (Å²) >= 11 is -1.12. The van der Waals surface area contributed by atoms with Gasteiger partial charge in [0, 0.05) is 28.6 Å². The number of rotatable bonds is 4. The highest BCUT2D eigenvalue weighted by molar-refractivity contribution is 7.91. The Kier molecular flexibility index (Phi) is 5.84. The molecule has 4 rings (SSSR count). The van der Waals surface area contributed by atoms with E-state index in [4.69, 9.17) is 0 Å². The molecule has 10 heteroatoms. The van der Waals surface area contributed by atoms with Crippen molar-refractivity contribution in [2.45, 2.75) is 37.6 Å². The lowest BCUT2D eigenvalue weighted by atomic mass is 9.86. The van der Waals surface area contributed by atoms with E-state index in [1.165, 1.54) is 28.8 Å². The number of aromatic nitrogens is 1. The van der Waals surface area contributed by atoms with E-state index in [1.807, 2.05) is 20.8 Å². The molecule has 1 atom stereocenters. The second-order valence-corrected chi connectivity index (χ2v) is 12.7. The molecule has 0 saturated carbocycles. The van der Waals surface area contributed by atoms with Crippen LogP contribution in [0.4, 0.5) is 9.18 Å². The van der Waals surface area contributed by atoms with Crippen molar-refractivity contribution in [3.8, 4) is 11.1 Å². The van der Waals surface area contributed by atoms with Gasteiger partial charge in [-0.3, -0.25) is 0 Å². The summed E-state index contributed by atoms with van der Waals surface area (Å²) in [6, 6.07) is 9.00. The highest BCUT2D eigenvalue weighted by Gasteiger charge is 2.36. The van der Waals surface area contributed by atoms with E-state index in [-0.39, 0.29) is 29.3 Å². The van der Waals surface area contributed by atoms with Gasteiger partial charge in [-0.1, -0.05) is 38.0 Å². The van der Waals surface area contributed by atoms with E-state index in [2.05, 4.69) is 0 Å². The second-order valence-electron chi connectivity index (χ2n) is 9.19. The van der Waals surface area contributed by atoms with Crippen LogP contribution in [-0.4, -0.2) is 51.6 Å². The predicted octanol–water partition coefficient (Wildman–Crippen LogP) is 4.15. The molecule has 7 nitrogen and oxygen atoms in total. The standard InChI is InChI=1S/C23H25FN2O5S2/c1-23(2,3)21-20(17-7-6-16(24)12-18(17)26(21)22(27)28)14-5-8-19-15(11-14)13-25(33(19,30)31)9-10-32(4)29/h5-8,11-12H,9-10,13H2,1-4H3,(H,27,28). The smallest absolute Gasteiger partial charge is 0.416 e. The minimum Gasteiger partial charge on any atom is -0.617 e. The molecule has 2 aromatic carbocycles. The summed E-state index contributed by atoms with van der Waals surface area (Å²) in [6.45, 7) is 5.95. The number of carbonyl (C=O) groups is 1. The summed E-state index contributed by atoms with van der Waals surface area (Å²) < 4.78 is 53.8. The third-order valence-corrected chi connectivity index (χ3v) is 8.48. The molecule has 0 spiro atoms. The molecular weight excluding hydrogens is 467 g/mol. The van der Waals surface area contributed by atoms with Gasteiger partial charge >= 0.3 is 6.09 Å². The minimum atomic E-state index is -3.69. The van der Waals surface area contributed by atoms with Crippen molar-refractivity contribution in [1.82, 2.24) is 8.87 Å². The Balaban J connectivity index is 1.94. The Bertz CT molecular complexity index is 1370. The number of hydrogen-bond donors (Lipinski definition) is 1. The molecule has 0 saturated heterocycles. The monoisotopic (exact) mass is 492 g/mol. The molecule has 3 aromatic rings. The molecule has 1 aliphatic heterocycles. The number of carboxylic acid groups (broad SMARTS) is 1. The zero-order chi connectivity index (χ0) is 24.3. The van der Waals surface area contributed by atoms with Crippen molar-refractivity contribution >= 4 is 38.2 Å². The summed E-state index contributed by atoms with van der Waals surface area (Å²) in [5, 5.41) is 10.5. The first kappa shape index (κ1) is 23.7. The van der Waals surface area contributed by atoms with E-state index in [1.54, 1.807) is 18.2 Å². The highest BCUT2D eigenvalue weighted by Crippen LogP contribution is 2.43. The lowest BCUT2D eigenvalue weighted by Gasteiger charge is -2.22. The van der Waals surface area contributed by atoms with E-state index < -0.39 is 38.5 Å². The number of hydrogen-bond acceptors (Lipinski definition) is 4. The van der Waals surface area contributed by atoms with Crippen molar-refractivity contribution in [2.75, 3.05) is 18.6 Å². The molecule has 33 heavy (non-hydrogen) atoms. The third-order valence-electron chi connectivity index (χ3n) is 5.77. The molecule has 2 heterocycles. The highest BCUT2D eigenvalue weighted by atomic mass is 32.2. The zero-order valence-electron chi connectivity index (χ0n) is 18.8. The Morgan fingerprint density at radius 3 is 2.52 bits per heavy atom. The van der Waals surface area contributed by atoms with E-state index in [9.17, 15) is 27.3 Å². The van der Waals surface area contributed by atoms with Gasteiger partial charge in [0.25, 0.3) is 0 Å². The largest absolute Gasteiger partial charge is 0.617 e. The number of halogens is 1. The molecule has 1 aromatic heterocycles. The van der Waals surface area contributed by atoms with Gasteiger partial charge < -0.3 is 9.66 Å². The molecule has 1 unspecified atom stereocenters. The summed E-state index contributed by atoms with van der Waals surface area (Å²) in [5.41, 5.74) is 2.01. The van der Waals surface area contributed by atoms with E-state index >= 15 is 0 Å². The van der Waals surface area contributed by atoms with Gasteiger partial charge in [0.2, 0.25) is 10.0 Å². The molecule has 1 N–H and O–H groups in total. The zero-order valence-corrected chi connectivity index (χ0v) is 20.4. The van der Waals surface area contributed by atoms with Gasteiger partial charge in [-0.15, -0.1) is 0 Å². The Hall–Kier alpha value is -2.40. The average molecular weight is 493 g/mol. The van der Waals surface area contributed by atoms with Crippen LogP contribution in [0.15, 0.2) is 41.3 Å². The normalized spacial score (nSPS) is 16.8. The number of benzene rings is 2. The van der Waals surface area contributed by atoms with E-state index in [0.717, 1.165) is 4.57 Å². The van der Waals surface area contributed by atoms with Gasteiger partial charge in [-0.25, -0.2) is 22.2 Å². The minimum absolute atomic E-state index is 0.153. The second kappa shape index (κ2) is 8.12. The first-order valence-electron chi connectivity index (χ1n) is 10.3. The van der Waals surface area contributed by atoms with Crippen LogP contribution in [0.3, 0.4) is 0 Å². The first-order chi connectivity index (χ1) is 15.3. The van der Waals surface area contributed by atoms with Crippen molar-refractivity contribution < 1.29 is 27.3 Å². The summed E-state index contributed by atoms with van der Waals surface area (Å²) in [4.78, 5) is 12.4. The van der Waals surface area contributed by atoms with E-state index in [0.29, 0.717) is 27.8 Å². The van der Waals surface area contributed by atoms with Gasteiger partial charge in [-0.05, 0) is 41.5 Å². The maximum Gasteiger partial charge on any atom is 0.416 e. The SMILES string of the molecule is C[S+]([O-])CCN1Cc2cc(-c3c(C(C)(C)C)n(C(=O)O)c4cc(F)ccc34)ccc2S1(=O)=O. The molecule has 0 aliphatic carbocycles. The van der Waals surface area contributed by atoms with Crippen LogP contribution in [0, 0.1) is 5.82 Å². The lowest BCUT2D eigenvalue weighted by molar-refractivity contribution is 0.195. The maximum atomic E-state index is 14.1. The van der Waals surface area contributed by atoms with Crippen LogP contribution in [0.2, 0.25) is 0 Å². The third kappa shape index (κ3) is 4.05. The fourth-order valence-electron chi connectivity index (χ4n) is 4.42. The number of sulfonamides is 1. The molecule has 176 valence electrons. The number of fused-ring (bicyclic) bond motifs is 2. The topological polar surface area (TPSA) is 103 Å². The Morgan fingerprint density at radius 2 is 1.91 bits per heavy atom. The van der Waals surface area contributed by atoms with Gasteiger partial charge in [0.15, 0.2) is 0 Å². The van der Waals surface area contributed by atoms with Gasteiger partial charge in [0.1, 0.15) is 11.6 Å². The molecule has 0 radical (unpaired) electrons. The van der Waals surface area contributed by atoms with Crippen LogP contribution in [-0.2, 0) is 33.2 Å². The van der Waals surface area contributed by atoms with Crippen molar-refractivity contribution in [1.29, 1.82) is 0 Å². The van der Waals surface area contributed by atoms with Crippen LogP contribution < -0.4 is 0 Å². The quantitative estimate of drug-likeness (QED) is 0.551. The van der Waals surface area contributed by atoms with Crippen LogP contribution in [0.1, 0.15) is 32.0 Å². The predicted molar refractivity (Wildman–Crippen MR) is 126 cm³/mol. The Labute approximate surface area is 195 Å². The Morgan fingerprint density at radius 1 is 1.21 bits per heavy atom. The lowest BCUT2D eigenvalue weighted by Crippen LogP contribution is -2.29. The number of nitrogens with zero attached hydrogens (tertiary/aromatic N) is 2. The summed E-state index contributed by atoms with van der Waals surface area (Å²) in [7, 11) is -3.69. The molecule has 0 amide bonds. The van der Waals surface area contributed by atoms with Crippen LogP contribution in [0.25, 0.3) is 22.0 Å². The molecular formula is C23H25FN2O5S2. The molecule has 0 fully saturated rings. The van der Waals surface area contributed by atoms with Gasteiger partial charge in [0.05, 0.1) is 23.2 Å². The van der Waals surface area contributed by atoms with Crippen LogP contribution in [0.5, 0.6) is 0 Å². The molecule has 0 bridgehead atoms. The first-order valence-corrected chi connectivity index (χ1v) is 13.5. The van der Waals surface area contributed by atoms with Crippen molar-refractivity contribution in [2.24, 2.45) is 0 Å². The summed E-state index contributed by atoms with van der Waals surface area (Å²) in [6.07, 6.45) is 0.312. The van der Waals surface area contributed by atoms with Crippen molar-refractivity contribution in [3.63, 3.8) is 0 Å².